The summed E-state index contributed by atoms with van der Waals surface area (Å²) in [7, 11) is 0. The summed E-state index contributed by atoms with van der Waals surface area (Å²) >= 11 is 1.59. The second-order valence-electron chi connectivity index (χ2n) is 11.6. The Bertz CT molecular complexity index is 1100. The van der Waals surface area contributed by atoms with Crippen LogP contribution < -0.4 is 10.2 Å². The second-order valence-corrected chi connectivity index (χ2v) is 12.4. The van der Waals surface area contributed by atoms with Crippen LogP contribution in [-0.4, -0.2) is 65.5 Å². The van der Waals surface area contributed by atoms with Gasteiger partial charge in [0.2, 0.25) is 5.91 Å². The molecule has 2 aromatic rings. The van der Waals surface area contributed by atoms with E-state index >= 15 is 0 Å². The fraction of sp³-hybridized carbons (Fsp3) is 0.679. The fourth-order valence-electron chi connectivity index (χ4n) is 7.74. The highest BCUT2D eigenvalue weighted by molar-refractivity contribution is 7.13. The lowest BCUT2D eigenvalue weighted by Gasteiger charge is -2.40. The number of aromatic nitrogens is 1. The minimum absolute atomic E-state index is 0.00280. The van der Waals surface area contributed by atoms with Gasteiger partial charge in [0.15, 0.2) is 0 Å². The first-order chi connectivity index (χ1) is 17.6. The van der Waals surface area contributed by atoms with E-state index in [0.717, 1.165) is 64.2 Å². The van der Waals surface area contributed by atoms with Crippen LogP contribution in [0.1, 0.15) is 44.9 Å². The molecule has 2 N–H and O–H groups in total. The molecule has 194 valence electrons. The van der Waals surface area contributed by atoms with Gasteiger partial charge in [-0.15, -0.1) is 0 Å². The molecule has 1 amide bonds. The molecule has 8 heteroatoms. The summed E-state index contributed by atoms with van der Waals surface area (Å²) in [5.41, 5.74) is 0. The van der Waals surface area contributed by atoms with Crippen molar-refractivity contribution in [2.24, 2.45) is 35.5 Å². The number of benzene rings is 1. The van der Waals surface area contributed by atoms with Gasteiger partial charge in [0.25, 0.3) is 0 Å². The van der Waals surface area contributed by atoms with Gasteiger partial charge in [0.05, 0.1) is 16.5 Å². The second kappa shape index (κ2) is 10.3. The highest BCUT2D eigenvalue weighted by Gasteiger charge is 2.54. The number of piperazine rings is 1. The summed E-state index contributed by atoms with van der Waals surface area (Å²) < 4.78 is 6.00. The largest absolute Gasteiger partial charge is 0.481 e. The average molecular weight is 511 g/mol. The van der Waals surface area contributed by atoms with Crippen LogP contribution in [0.3, 0.4) is 0 Å². The maximum absolute atomic E-state index is 13.1. The van der Waals surface area contributed by atoms with Crippen LogP contribution in [0.25, 0.3) is 10.1 Å². The number of nitrogens with zero attached hydrogens (tertiary/aromatic N) is 3. The Balaban J connectivity index is 1.02. The van der Waals surface area contributed by atoms with Gasteiger partial charge in [-0.25, -0.2) is 0 Å². The fourth-order valence-corrected chi connectivity index (χ4v) is 8.54. The first-order valence-electron chi connectivity index (χ1n) is 13.9. The van der Waals surface area contributed by atoms with Crippen LogP contribution in [-0.2, 0) is 9.59 Å². The molecule has 0 spiro atoms. The number of fused-ring (bicyclic) bond motifs is 3. The van der Waals surface area contributed by atoms with Gasteiger partial charge in [-0.2, -0.15) is 4.37 Å². The molecule has 1 aromatic heterocycles. The SMILES string of the molecule is O=C(NC[C@@H]1CCCC[C@H]1CN1CCN(c2nsc3ccccc23)CC1)[C@@H]1[C@H]2CC[C@H](C2)[C@@H]1C(=O)O. The highest BCUT2D eigenvalue weighted by atomic mass is 32.1. The van der Waals surface area contributed by atoms with Crippen molar-refractivity contribution in [1.29, 1.82) is 0 Å². The van der Waals surface area contributed by atoms with Crippen molar-refractivity contribution in [3.63, 3.8) is 0 Å². The Labute approximate surface area is 217 Å². The molecule has 6 atom stereocenters. The average Bonchev–Trinajstić information content (AvgIpc) is 3.63. The van der Waals surface area contributed by atoms with Crippen molar-refractivity contribution in [2.45, 2.75) is 44.9 Å². The third-order valence-corrected chi connectivity index (χ3v) is 10.4. The van der Waals surface area contributed by atoms with E-state index in [4.69, 9.17) is 4.37 Å². The lowest BCUT2D eigenvalue weighted by Crippen LogP contribution is -2.50. The number of rotatable bonds is 7. The predicted molar refractivity (Wildman–Crippen MR) is 142 cm³/mol. The zero-order valence-electron chi connectivity index (χ0n) is 21.0. The Morgan fingerprint density at radius 1 is 0.972 bits per heavy atom. The quantitative estimate of drug-likeness (QED) is 0.584. The van der Waals surface area contributed by atoms with Crippen LogP contribution in [0.15, 0.2) is 24.3 Å². The molecule has 2 heterocycles. The molecule has 4 aliphatic rings. The van der Waals surface area contributed by atoms with Crippen molar-refractivity contribution >= 4 is 39.3 Å². The Kier molecular flexibility index (Phi) is 6.90. The van der Waals surface area contributed by atoms with Crippen molar-refractivity contribution in [1.82, 2.24) is 14.6 Å². The standard InChI is InChI=1S/C28H38N4O3S/c33-27(24-18-9-10-19(15-18)25(24)28(34)35)29-16-20-5-1-2-6-21(20)17-31-11-13-32(14-12-31)26-22-7-3-4-8-23(22)36-30-26/h3-4,7-8,18-21,24-25H,1-2,5-6,9-17H2,(H,29,33)(H,34,35)/t18-,19+,20-,21-,24+,25-/m0/s1. The maximum Gasteiger partial charge on any atom is 0.307 e. The summed E-state index contributed by atoms with van der Waals surface area (Å²) in [6, 6.07) is 8.50. The van der Waals surface area contributed by atoms with Gasteiger partial charge in [-0.1, -0.05) is 25.0 Å². The first kappa shape index (κ1) is 24.2. The normalized spacial score (nSPS) is 32.7. The zero-order chi connectivity index (χ0) is 24.6. The van der Waals surface area contributed by atoms with E-state index in [1.165, 1.54) is 29.3 Å². The van der Waals surface area contributed by atoms with Crippen LogP contribution in [0.4, 0.5) is 5.82 Å². The lowest BCUT2D eigenvalue weighted by atomic mass is 9.77. The molecule has 1 aromatic carbocycles. The van der Waals surface area contributed by atoms with E-state index in [1.807, 2.05) is 0 Å². The first-order valence-corrected chi connectivity index (χ1v) is 14.7. The molecule has 1 saturated heterocycles. The van der Waals surface area contributed by atoms with Crippen molar-refractivity contribution < 1.29 is 14.7 Å². The number of hydrogen-bond acceptors (Lipinski definition) is 6. The van der Waals surface area contributed by atoms with E-state index in [1.54, 1.807) is 11.5 Å². The predicted octanol–water partition coefficient (Wildman–Crippen LogP) is 4.09. The minimum Gasteiger partial charge on any atom is -0.481 e. The monoisotopic (exact) mass is 510 g/mol. The number of nitrogens with one attached hydrogen (secondary N) is 1. The third-order valence-electron chi connectivity index (χ3n) is 9.63. The molecule has 7 nitrogen and oxygen atoms in total. The maximum atomic E-state index is 13.1. The van der Waals surface area contributed by atoms with Gasteiger partial charge >= 0.3 is 5.97 Å². The molecule has 2 bridgehead atoms. The van der Waals surface area contributed by atoms with Crippen LogP contribution in [0.5, 0.6) is 0 Å². The summed E-state index contributed by atoms with van der Waals surface area (Å²) in [5, 5.41) is 14.2. The van der Waals surface area contributed by atoms with Gasteiger partial charge in [-0.05, 0) is 79.4 Å². The van der Waals surface area contributed by atoms with Crippen LogP contribution >= 0.6 is 11.5 Å². The summed E-state index contributed by atoms with van der Waals surface area (Å²) in [6.07, 6.45) is 7.80. The number of carboxylic acid groups (broad SMARTS) is 1. The van der Waals surface area contributed by atoms with Crippen molar-refractivity contribution in [2.75, 3.05) is 44.2 Å². The molecule has 3 saturated carbocycles. The molecule has 6 rings (SSSR count). The van der Waals surface area contributed by atoms with E-state index < -0.39 is 11.9 Å². The van der Waals surface area contributed by atoms with E-state index in [0.29, 0.717) is 18.4 Å². The topological polar surface area (TPSA) is 85.8 Å². The highest BCUT2D eigenvalue weighted by Crippen LogP contribution is 2.52. The lowest BCUT2D eigenvalue weighted by molar-refractivity contribution is -0.149. The third kappa shape index (κ3) is 4.62. The number of amides is 1. The number of anilines is 1. The number of aliphatic carboxylic acids is 1. The number of hydrogen-bond donors (Lipinski definition) is 2. The van der Waals surface area contributed by atoms with Gasteiger partial charge < -0.3 is 15.3 Å². The molecular formula is C28H38N4O3S. The van der Waals surface area contributed by atoms with E-state index in [9.17, 15) is 14.7 Å². The molecule has 0 unspecified atom stereocenters. The summed E-state index contributed by atoms with van der Waals surface area (Å²) in [6.45, 7) is 5.90. The molecule has 4 fully saturated rings. The number of carbonyl (C=O) groups excluding carboxylic acids is 1. The Morgan fingerprint density at radius 2 is 1.69 bits per heavy atom. The zero-order valence-corrected chi connectivity index (χ0v) is 21.8. The Morgan fingerprint density at radius 3 is 2.47 bits per heavy atom. The summed E-state index contributed by atoms with van der Waals surface area (Å²) in [4.78, 5) is 30.0. The van der Waals surface area contributed by atoms with Crippen molar-refractivity contribution in [3.8, 4) is 0 Å². The van der Waals surface area contributed by atoms with Gasteiger partial charge in [0, 0.05) is 44.7 Å². The van der Waals surface area contributed by atoms with Gasteiger partial charge in [0.1, 0.15) is 5.82 Å². The number of carboxylic acids is 1. The summed E-state index contributed by atoms with van der Waals surface area (Å²) in [5.74, 6) is 1.12. The van der Waals surface area contributed by atoms with Gasteiger partial charge in [-0.3, -0.25) is 14.5 Å². The smallest absolute Gasteiger partial charge is 0.307 e. The van der Waals surface area contributed by atoms with E-state index in [-0.39, 0.29) is 23.7 Å². The number of carbonyl (C=O) groups is 2. The van der Waals surface area contributed by atoms with Crippen molar-refractivity contribution in [3.05, 3.63) is 24.3 Å². The molecule has 0 radical (unpaired) electrons. The van der Waals surface area contributed by atoms with Crippen LogP contribution in [0.2, 0.25) is 0 Å². The van der Waals surface area contributed by atoms with Crippen LogP contribution in [0, 0.1) is 35.5 Å². The van der Waals surface area contributed by atoms with E-state index in [2.05, 4.69) is 39.4 Å². The Hall–Kier alpha value is -2.19. The molecule has 3 aliphatic carbocycles. The molecular weight excluding hydrogens is 472 g/mol. The molecule has 36 heavy (non-hydrogen) atoms. The molecule has 1 aliphatic heterocycles. The minimum atomic E-state index is -0.775.